The Kier molecular flexibility index (Phi) is 6.03. The number of anilines is 2. The summed E-state index contributed by atoms with van der Waals surface area (Å²) in [6.07, 6.45) is 3.31. The Hall–Kier alpha value is -2.49. The van der Waals surface area contributed by atoms with Crippen LogP contribution >= 0.6 is 0 Å². The molecule has 0 radical (unpaired) electrons. The fourth-order valence-electron chi connectivity index (χ4n) is 3.51. The average molecular weight is 427 g/mol. The minimum absolute atomic E-state index is 0.426. The molecule has 2 N–H and O–H groups in total. The lowest BCUT2D eigenvalue weighted by Gasteiger charge is -2.28. The van der Waals surface area contributed by atoms with Gasteiger partial charge >= 0.3 is 0 Å². The largest absolute Gasteiger partial charge is 0.397 e. The highest BCUT2D eigenvalue weighted by molar-refractivity contribution is 6.76. The van der Waals surface area contributed by atoms with Crippen LogP contribution in [0.2, 0.25) is 25.7 Å². The highest BCUT2D eigenvalue weighted by Crippen LogP contribution is 2.31. The van der Waals surface area contributed by atoms with Crippen molar-refractivity contribution in [3.8, 4) is 11.4 Å². The van der Waals surface area contributed by atoms with Crippen molar-refractivity contribution in [3.63, 3.8) is 0 Å². The first-order valence-corrected chi connectivity index (χ1v) is 14.1. The van der Waals surface area contributed by atoms with Crippen molar-refractivity contribution in [1.29, 1.82) is 0 Å². The number of aromatic nitrogens is 4. The van der Waals surface area contributed by atoms with Crippen LogP contribution in [0.5, 0.6) is 0 Å². The zero-order valence-electron chi connectivity index (χ0n) is 18.0. The molecule has 0 aromatic carbocycles. The predicted octanol–water partition coefficient (Wildman–Crippen LogP) is 3.22. The summed E-state index contributed by atoms with van der Waals surface area (Å²) in [5, 5.41) is 1.00. The summed E-state index contributed by atoms with van der Waals surface area (Å²) >= 11 is 0. The molecule has 1 aliphatic rings. The Morgan fingerprint density at radius 3 is 2.63 bits per heavy atom. The van der Waals surface area contributed by atoms with Crippen molar-refractivity contribution >= 4 is 30.6 Å². The monoisotopic (exact) mass is 426 g/mol. The van der Waals surface area contributed by atoms with Gasteiger partial charge in [0.1, 0.15) is 24.5 Å². The van der Waals surface area contributed by atoms with Gasteiger partial charge in [0.25, 0.3) is 0 Å². The van der Waals surface area contributed by atoms with Crippen LogP contribution in [0.25, 0.3) is 22.4 Å². The highest BCUT2D eigenvalue weighted by atomic mass is 28.3. The second-order valence-corrected chi connectivity index (χ2v) is 14.4. The first-order chi connectivity index (χ1) is 14.4. The zero-order valence-corrected chi connectivity index (χ0v) is 19.0. The maximum absolute atomic E-state index is 6.08. The fourth-order valence-corrected chi connectivity index (χ4v) is 4.27. The summed E-state index contributed by atoms with van der Waals surface area (Å²) < 4.78 is 13.7. The molecule has 8 nitrogen and oxygen atoms in total. The standard InChI is InChI=1S/C21H30N6O2Si/c1-30(2,3)11-10-29-15-27-19(18-5-4-16(22)13-23-18)12-17-20(24-14-25-21(17)27)26-6-8-28-9-7-26/h4-5,12-14H,6-11,15,22H2,1-3H3. The van der Waals surface area contributed by atoms with E-state index in [1.165, 1.54) is 0 Å². The summed E-state index contributed by atoms with van der Waals surface area (Å²) in [6, 6.07) is 7.03. The molecule has 160 valence electrons. The third kappa shape index (κ3) is 4.63. The van der Waals surface area contributed by atoms with Crippen molar-refractivity contribution in [3.05, 3.63) is 30.7 Å². The zero-order chi connectivity index (χ0) is 21.1. The van der Waals surface area contributed by atoms with Gasteiger partial charge in [-0.05, 0) is 24.2 Å². The minimum Gasteiger partial charge on any atom is -0.397 e. The normalized spacial score (nSPS) is 15.1. The van der Waals surface area contributed by atoms with E-state index in [1.807, 2.05) is 12.1 Å². The third-order valence-electron chi connectivity index (χ3n) is 5.25. The second-order valence-electron chi connectivity index (χ2n) is 8.82. The van der Waals surface area contributed by atoms with E-state index >= 15 is 0 Å². The van der Waals surface area contributed by atoms with E-state index in [-0.39, 0.29) is 0 Å². The van der Waals surface area contributed by atoms with Crippen molar-refractivity contribution in [1.82, 2.24) is 19.5 Å². The maximum Gasteiger partial charge on any atom is 0.147 e. The molecule has 0 atom stereocenters. The Morgan fingerprint density at radius 1 is 1.13 bits per heavy atom. The van der Waals surface area contributed by atoms with E-state index in [0.717, 1.165) is 54.0 Å². The molecule has 30 heavy (non-hydrogen) atoms. The number of hydrogen-bond donors (Lipinski definition) is 1. The second kappa shape index (κ2) is 8.71. The Morgan fingerprint density at radius 2 is 1.93 bits per heavy atom. The van der Waals surface area contributed by atoms with Gasteiger partial charge in [-0.15, -0.1) is 0 Å². The van der Waals surface area contributed by atoms with Gasteiger partial charge in [-0.2, -0.15) is 0 Å². The molecule has 4 rings (SSSR count). The SMILES string of the molecule is C[Si](C)(C)CCOCn1c(-c2ccc(N)cn2)cc2c(N3CCOCC3)ncnc21. The number of nitrogens with two attached hydrogens (primary N) is 1. The van der Waals surface area contributed by atoms with Crippen LogP contribution in [-0.2, 0) is 16.2 Å². The molecular weight excluding hydrogens is 396 g/mol. The van der Waals surface area contributed by atoms with Crippen LogP contribution in [0.4, 0.5) is 11.5 Å². The highest BCUT2D eigenvalue weighted by Gasteiger charge is 2.21. The maximum atomic E-state index is 6.08. The first-order valence-electron chi connectivity index (χ1n) is 10.4. The molecule has 0 unspecified atom stereocenters. The summed E-state index contributed by atoms with van der Waals surface area (Å²) in [5.41, 5.74) is 9.13. The molecule has 9 heteroatoms. The molecule has 0 spiro atoms. The van der Waals surface area contributed by atoms with Gasteiger partial charge in [0.2, 0.25) is 0 Å². The lowest BCUT2D eigenvalue weighted by molar-refractivity contribution is 0.0908. The number of nitrogen functional groups attached to an aromatic ring is 1. The van der Waals surface area contributed by atoms with Crippen molar-refractivity contribution in [2.24, 2.45) is 0 Å². The summed E-state index contributed by atoms with van der Waals surface area (Å²) in [5.74, 6) is 0.931. The number of rotatable bonds is 7. The first kappa shape index (κ1) is 20.8. The number of pyridine rings is 1. The molecule has 3 aromatic heterocycles. The summed E-state index contributed by atoms with van der Waals surface area (Å²) in [6.45, 7) is 11.3. The van der Waals surface area contributed by atoms with Crippen LogP contribution < -0.4 is 10.6 Å². The number of morpholine rings is 1. The molecule has 0 amide bonds. The van der Waals surface area contributed by atoms with Gasteiger partial charge in [0.05, 0.1) is 41.9 Å². The lowest BCUT2D eigenvalue weighted by atomic mass is 10.2. The quantitative estimate of drug-likeness (QED) is 0.458. The molecule has 0 saturated carbocycles. The molecule has 1 aliphatic heterocycles. The smallest absolute Gasteiger partial charge is 0.147 e. The van der Waals surface area contributed by atoms with Gasteiger partial charge in [0, 0.05) is 27.8 Å². The van der Waals surface area contributed by atoms with Gasteiger partial charge in [-0.1, -0.05) is 19.6 Å². The van der Waals surface area contributed by atoms with E-state index in [1.54, 1.807) is 12.5 Å². The van der Waals surface area contributed by atoms with E-state index in [0.29, 0.717) is 25.6 Å². The average Bonchev–Trinajstić information content (AvgIpc) is 3.10. The molecular formula is C21H30N6O2Si. The van der Waals surface area contributed by atoms with Crippen LogP contribution in [0.1, 0.15) is 0 Å². The molecule has 3 aromatic rings. The van der Waals surface area contributed by atoms with Crippen LogP contribution in [0.3, 0.4) is 0 Å². The van der Waals surface area contributed by atoms with Crippen LogP contribution in [0.15, 0.2) is 30.7 Å². The lowest BCUT2D eigenvalue weighted by Crippen LogP contribution is -2.36. The number of fused-ring (bicyclic) bond motifs is 1. The molecule has 0 bridgehead atoms. The Bertz CT molecular complexity index is 993. The Labute approximate surface area is 178 Å². The summed E-state index contributed by atoms with van der Waals surface area (Å²) in [4.78, 5) is 16.0. The predicted molar refractivity (Wildman–Crippen MR) is 122 cm³/mol. The van der Waals surface area contributed by atoms with Gasteiger partial charge in [0.15, 0.2) is 0 Å². The minimum atomic E-state index is -1.15. The van der Waals surface area contributed by atoms with Crippen molar-refractivity contribution in [2.45, 2.75) is 32.4 Å². The molecule has 4 heterocycles. The number of ether oxygens (including phenoxy) is 2. The molecule has 1 fully saturated rings. The van der Waals surface area contributed by atoms with Gasteiger partial charge < -0.3 is 20.1 Å². The number of nitrogens with zero attached hydrogens (tertiary/aromatic N) is 5. The topological polar surface area (TPSA) is 91.3 Å². The van der Waals surface area contributed by atoms with Crippen LogP contribution in [0, 0.1) is 0 Å². The van der Waals surface area contributed by atoms with E-state index < -0.39 is 8.07 Å². The van der Waals surface area contributed by atoms with Crippen molar-refractivity contribution in [2.75, 3.05) is 43.5 Å². The van der Waals surface area contributed by atoms with Crippen molar-refractivity contribution < 1.29 is 9.47 Å². The number of hydrogen-bond acceptors (Lipinski definition) is 7. The fraction of sp³-hybridized carbons (Fsp3) is 0.476. The van der Waals surface area contributed by atoms with Crippen LogP contribution in [-0.4, -0.2) is 60.5 Å². The molecule has 1 saturated heterocycles. The van der Waals surface area contributed by atoms with E-state index in [2.05, 4.69) is 50.1 Å². The molecule has 0 aliphatic carbocycles. The summed E-state index contributed by atoms with van der Waals surface area (Å²) in [7, 11) is -1.15. The Balaban J connectivity index is 1.72. The third-order valence-corrected chi connectivity index (χ3v) is 6.95. The van der Waals surface area contributed by atoms with E-state index in [9.17, 15) is 0 Å². The van der Waals surface area contributed by atoms with Gasteiger partial charge in [-0.25, -0.2) is 9.97 Å². The van der Waals surface area contributed by atoms with E-state index in [4.69, 9.17) is 15.2 Å². The van der Waals surface area contributed by atoms with Gasteiger partial charge in [-0.3, -0.25) is 9.55 Å².